The van der Waals surface area contributed by atoms with Crippen LogP contribution in [0.3, 0.4) is 0 Å². The molecule has 1 unspecified atom stereocenters. The van der Waals surface area contributed by atoms with E-state index in [4.69, 9.17) is 11.5 Å². The SMILES string of the molecule is NCc1cc(F)c(N2CCCC(C(N)=O)C2)c(F)c1. The van der Waals surface area contributed by atoms with Crippen molar-refractivity contribution in [3.05, 3.63) is 29.3 Å². The van der Waals surface area contributed by atoms with E-state index >= 15 is 0 Å². The highest BCUT2D eigenvalue weighted by Crippen LogP contribution is 2.29. The fourth-order valence-corrected chi connectivity index (χ4v) is 2.45. The number of rotatable bonds is 3. The summed E-state index contributed by atoms with van der Waals surface area (Å²) in [6.07, 6.45) is 1.35. The van der Waals surface area contributed by atoms with Crippen molar-refractivity contribution < 1.29 is 13.6 Å². The molecule has 1 aromatic rings. The van der Waals surface area contributed by atoms with Crippen molar-refractivity contribution in [2.45, 2.75) is 19.4 Å². The molecule has 6 heteroatoms. The number of hydrogen-bond donors (Lipinski definition) is 2. The first-order valence-electron chi connectivity index (χ1n) is 6.25. The predicted octanol–water partition coefficient (Wildman–Crippen LogP) is 1.13. The van der Waals surface area contributed by atoms with Crippen molar-refractivity contribution in [3.63, 3.8) is 0 Å². The van der Waals surface area contributed by atoms with Crippen LogP contribution in [0, 0.1) is 17.6 Å². The molecule has 0 aliphatic carbocycles. The van der Waals surface area contributed by atoms with Gasteiger partial charge in [-0.1, -0.05) is 0 Å². The third-order valence-electron chi connectivity index (χ3n) is 3.45. The van der Waals surface area contributed by atoms with Crippen molar-refractivity contribution in [2.24, 2.45) is 17.4 Å². The number of amides is 1. The molecule has 1 heterocycles. The van der Waals surface area contributed by atoms with Crippen LogP contribution in [0.25, 0.3) is 0 Å². The zero-order valence-corrected chi connectivity index (χ0v) is 10.5. The number of benzene rings is 1. The van der Waals surface area contributed by atoms with Crippen molar-refractivity contribution in [1.82, 2.24) is 0 Å². The molecule has 1 aliphatic rings. The van der Waals surface area contributed by atoms with Crippen LogP contribution in [-0.4, -0.2) is 19.0 Å². The minimum atomic E-state index is -0.648. The average molecular weight is 269 g/mol. The van der Waals surface area contributed by atoms with Crippen LogP contribution < -0.4 is 16.4 Å². The van der Waals surface area contributed by atoms with E-state index in [0.717, 1.165) is 0 Å². The Balaban J connectivity index is 2.28. The molecule has 4 N–H and O–H groups in total. The maximum atomic E-state index is 14.0. The van der Waals surface area contributed by atoms with Crippen LogP contribution in [0.15, 0.2) is 12.1 Å². The third kappa shape index (κ3) is 2.84. The van der Waals surface area contributed by atoms with Crippen LogP contribution >= 0.6 is 0 Å². The summed E-state index contributed by atoms with van der Waals surface area (Å²) in [5, 5.41) is 0. The van der Waals surface area contributed by atoms with Gasteiger partial charge in [-0.2, -0.15) is 0 Å². The van der Waals surface area contributed by atoms with E-state index in [9.17, 15) is 13.6 Å². The lowest BCUT2D eigenvalue weighted by Gasteiger charge is -2.33. The van der Waals surface area contributed by atoms with Crippen molar-refractivity contribution in [2.75, 3.05) is 18.0 Å². The number of primary amides is 1. The topological polar surface area (TPSA) is 72.3 Å². The molecule has 0 radical (unpaired) electrons. The number of piperidine rings is 1. The first-order valence-corrected chi connectivity index (χ1v) is 6.25. The summed E-state index contributed by atoms with van der Waals surface area (Å²) in [5.74, 6) is -2.08. The van der Waals surface area contributed by atoms with Crippen molar-refractivity contribution in [1.29, 1.82) is 0 Å². The first-order chi connectivity index (χ1) is 9.02. The Kier molecular flexibility index (Phi) is 3.99. The monoisotopic (exact) mass is 269 g/mol. The van der Waals surface area contributed by atoms with Gasteiger partial charge in [0.05, 0.1) is 5.92 Å². The Morgan fingerprint density at radius 3 is 2.53 bits per heavy atom. The van der Waals surface area contributed by atoms with Gasteiger partial charge in [0, 0.05) is 19.6 Å². The van der Waals surface area contributed by atoms with E-state index in [1.165, 1.54) is 12.1 Å². The lowest BCUT2D eigenvalue weighted by atomic mass is 9.96. The van der Waals surface area contributed by atoms with Crippen LogP contribution in [-0.2, 0) is 11.3 Å². The number of halogens is 2. The maximum Gasteiger partial charge on any atom is 0.222 e. The minimum Gasteiger partial charge on any atom is -0.369 e. The average Bonchev–Trinajstić information content (AvgIpc) is 2.38. The quantitative estimate of drug-likeness (QED) is 0.864. The van der Waals surface area contributed by atoms with Gasteiger partial charge < -0.3 is 16.4 Å². The molecule has 0 saturated carbocycles. The smallest absolute Gasteiger partial charge is 0.222 e. The van der Waals surface area contributed by atoms with E-state index in [1.54, 1.807) is 4.90 Å². The van der Waals surface area contributed by atoms with E-state index in [1.807, 2.05) is 0 Å². The van der Waals surface area contributed by atoms with Gasteiger partial charge in [0.2, 0.25) is 5.91 Å². The maximum absolute atomic E-state index is 14.0. The van der Waals surface area contributed by atoms with Crippen LogP contribution in [0.5, 0.6) is 0 Å². The number of carbonyl (C=O) groups is 1. The van der Waals surface area contributed by atoms with Gasteiger partial charge in [0.1, 0.15) is 17.3 Å². The summed E-state index contributed by atoms with van der Waals surface area (Å²) in [4.78, 5) is 12.7. The number of nitrogens with two attached hydrogens (primary N) is 2. The lowest BCUT2D eigenvalue weighted by molar-refractivity contribution is -0.122. The summed E-state index contributed by atoms with van der Waals surface area (Å²) < 4.78 is 27.9. The number of hydrogen-bond acceptors (Lipinski definition) is 3. The molecule has 1 atom stereocenters. The molecule has 104 valence electrons. The highest BCUT2D eigenvalue weighted by Gasteiger charge is 2.27. The molecule has 1 aromatic carbocycles. The van der Waals surface area contributed by atoms with Gasteiger partial charge in [-0.25, -0.2) is 8.78 Å². The van der Waals surface area contributed by atoms with Crippen molar-refractivity contribution >= 4 is 11.6 Å². The molecule has 19 heavy (non-hydrogen) atoms. The summed E-state index contributed by atoms with van der Waals surface area (Å²) in [7, 11) is 0. The van der Waals surface area contributed by atoms with Crippen LogP contribution in [0.4, 0.5) is 14.5 Å². The van der Waals surface area contributed by atoms with Gasteiger partial charge >= 0.3 is 0 Å². The van der Waals surface area contributed by atoms with Gasteiger partial charge in [-0.3, -0.25) is 4.79 Å². The predicted molar refractivity (Wildman–Crippen MR) is 68.4 cm³/mol. The zero-order valence-electron chi connectivity index (χ0n) is 10.5. The normalized spacial score (nSPS) is 19.5. The second-order valence-electron chi connectivity index (χ2n) is 4.80. The Labute approximate surface area is 110 Å². The number of anilines is 1. The van der Waals surface area contributed by atoms with Crippen molar-refractivity contribution in [3.8, 4) is 0 Å². The fourth-order valence-electron chi connectivity index (χ4n) is 2.45. The van der Waals surface area contributed by atoms with Crippen LogP contribution in [0.2, 0.25) is 0 Å². The molecule has 1 aliphatic heterocycles. The fraction of sp³-hybridized carbons (Fsp3) is 0.462. The molecule has 4 nitrogen and oxygen atoms in total. The number of carbonyl (C=O) groups excluding carboxylic acids is 1. The number of nitrogens with zero attached hydrogens (tertiary/aromatic N) is 1. The van der Waals surface area contributed by atoms with E-state index in [-0.39, 0.29) is 24.7 Å². The summed E-state index contributed by atoms with van der Waals surface area (Å²) >= 11 is 0. The molecule has 0 bridgehead atoms. The van der Waals surface area contributed by atoms with E-state index < -0.39 is 17.5 Å². The van der Waals surface area contributed by atoms with Gasteiger partial charge in [-0.05, 0) is 30.5 Å². The van der Waals surface area contributed by atoms with Crippen LogP contribution in [0.1, 0.15) is 18.4 Å². The lowest BCUT2D eigenvalue weighted by Crippen LogP contribution is -2.42. The first kappa shape index (κ1) is 13.7. The summed E-state index contributed by atoms with van der Waals surface area (Å²) in [6, 6.07) is 2.46. The summed E-state index contributed by atoms with van der Waals surface area (Å²) in [5.41, 5.74) is 10.9. The zero-order chi connectivity index (χ0) is 14.0. The van der Waals surface area contributed by atoms with E-state index in [0.29, 0.717) is 24.9 Å². The Morgan fingerprint density at radius 1 is 1.37 bits per heavy atom. The van der Waals surface area contributed by atoms with Gasteiger partial charge in [0.15, 0.2) is 0 Å². The second-order valence-corrected chi connectivity index (χ2v) is 4.80. The second kappa shape index (κ2) is 5.52. The van der Waals surface area contributed by atoms with Gasteiger partial charge in [-0.15, -0.1) is 0 Å². The Hall–Kier alpha value is -1.69. The largest absolute Gasteiger partial charge is 0.369 e. The molecule has 2 rings (SSSR count). The molecule has 0 spiro atoms. The molecule has 1 amide bonds. The molecular weight excluding hydrogens is 252 g/mol. The third-order valence-corrected chi connectivity index (χ3v) is 3.45. The highest BCUT2D eigenvalue weighted by atomic mass is 19.1. The highest BCUT2D eigenvalue weighted by molar-refractivity contribution is 5.77. The molecule has 1 saturated heterocycles. The summed E-state index contributed by atoms with van der Waals surface area (Å²) in [6.45, 7) is 0.850. The minimum absolute atomic E-state index is 0.0814. The molecular formula is C13H17F2N3O. The standard InChI is InChI=1S/C13H17F2N3O/c14-10-4-8(6-16)5-11(15)12(10)18-3-1-2-9(7-18)13(17)19/h4-5,9H,1-3,6-7,16H2,(H2,17,19). The molecule has 0 aromatic heterocycles. The van der Waals surface area contributed by atoms with E-state index in [2.05, 4.69) is 0 Å². The van der Waals surface area contributed by atoms with Gasteiger partial charge in [0.25, 0.3) is 0 Å². The Bertz CT molecular complexity index is 470. The molecule has 1 fully saturated rings. The Morgan fingerprint density at radius 2 is 2.00 bits per heavy atom.